The van der Waals surface area contributed by atoms with Gasteiger partial charge in [0.1, 0.15) is 6.04 Å². The summed E-state index contributed by atoms with van der Waals surface area (Å²) in [5, 5.41) is 7.66. The van der Waals surface area contributed by atoms with Crippen molar-refractivity contribution in [3.8, 4) is 0 Å². The molecule has 1 unspecified atom stereocenters. The Morgan fingerprint density at radius 1 is 1.21 bits per heavy atom. The van der Waals surface area contributed by atoms with Crippen LogP contribution in [0, 0.1) is 0 Å². The molecule has 19 heavy (non-hydrogen) atoms. The number of nitrogens with zero attached hydrogens (tertiary/aromatic N) is 1. The fourth-order valence-corrected chi connectivity index (χ4v) is 1.57. The molecular weight excluding hydrogens is 244 g/mol. The minimum atomic E-state index is -0.515. The highest BCUT2D eigenvalue weighted by Crippen LogP contribution is 2.23. The van der Waals surface area contributed by atoms with E-state index in [1.54, 1.807) is 6.92 Å². The number of carbonyl (C=O) groups excluding carboxylic acids is 2. The Bertz CT molecular complexity index is 460. The van der Waals surface area contributed by atoms with Crippen molar-refractivity contribution in [1.29, 1.82) is 0 Å². The van der Waals surface area contributed by atoms with Gasteiger partial charge < -0.3 is 15.5 Å². The van der Waals surface area contributed by atoms with Crippen molar-refractivity contribution in [1.82, 2.24) is 10.6 Å². The number of hydrogen-bond donors (Lipinski definition) is 3. The zero-order valence-corrected chi connectivity index (χ0v) is 11.7. The van der Waals surface area contributed by atoms with Crippen molar-refractivity contribution in [2.24, 2.45) is 0 Å². The van der Waals surface area contributed by atoms with Crippen molar-refractivity contribution in [3.63, 3.8) is 0 Å². The molecule has 0 saturated carbocycles. The van der Waals surface area contributed by atoms with E-state index >= 15 is 0 Å². The number of rotatable bonds is 4. The lowest BCUT2D eigenvalue weighted by Crippen LogP contribution is -2.44. The van der Waals surface area contributed by atoms with Crippen LogP contribution >= 0.6 is 0 Å². The first-order valence-corrected chi connectivity index (χ1v) is 6.01. The molecular formula is C13H20N4O2. The Balaban J connectivity index is 2.74. The molecule has 3 amide bonds. The van der Waals surface area contributed by atoms with Crippen LogP contribution in [0.5, 0.6) is 0 Å². The number of benzene rings is 1. The van der Waals surface area contributed by atoms with Crippen LogP contribution in [0.4, 0.5) is 16.2 Å². The molecule has 0 spiro atoms. The average molecular weight is 264 g/mol. The highest BCUT2D eigenvalue weighted by Gasteiger charge is 2.16. The summed E-state index contributed by atoms with van der Waals surface area (Å²) in [5.41, 5.74) is 1.81. The van der Waals surface area contributed by atoms with Gasteiger partial charge in [0.05, 0.1) is 11.4 Å². The smallest absolute Gasteiger partial charge is 0.321 e. The molecule has 1 rings (SSSR count). The second-order valence-electron chi connectivity index (χ2n) is 4.35. The molecule has 1 atom stereocenters. The van der Waals surface area contributed by atoms with E-state index in [1.807, 2.05) is 43.3 Å². The van der Waals surface area contributed by atoms with Crippen LogP contribution in [0.25, 0.3) is 0 Å². The van der Waals surface area contributed by atoms with Crippen LogP contribution in [-0.4, -0.2) is 39.1 Å². The Morgan fingerprint density at radius 2 is 1.84 bits per heavy atom. The van der Waals surface area contributed by atoms with Gasteiger partial charge in [0, 0.05) is 21.1 Å². The third-order valence-electron chi connectivity index (χ3n) is 2.61. The number of amides is 3. The molecule has 0 radical (unpaired) electrons. The highest BCUT2D eigenvalue weighted by molar-refractivity contribution is 5.98. The van der Waals surface area contributed by atoms with Crippen molar-refractivity contribution >= 4 is 23.3 Å². The third kappa shape index (κ3) is 4.17. The average Bonchev–Trinajstić information content (AvgIpc) is 2.38. The summed E-state index contributed by atoms with van der Waals surface area (Å²) in [5.74, 6) is -0.382. The Labute approximate surface area is 113 Å². The maximum Gasteiger partial charge on any atom is 0.321 e. The van der Waals surface area contributed by atoms with Gasteiger partial charge in [0.15, 0.2) is 0 Å². The highest BCUT2D eigenvalue weighted by atomic mass is 16.2. The summed E-state index contributed by atoms with van der Waals surface area (Å²) < 4.78 is 0. The van der Waals surface area contributed by atoms with E-state index in [-0.39, 0.29) is 5.91 Å². The fourth-order valence-electron chi connectivity index (χ4n) is 1.57. The van der Waals surface area contributed by atoms with Crippen LogP contribution < -0.4 is 20.9 Å². The van der Waals surface area contributed by atoms with E-state index in [0.29, 0.717) is 0 Å². The molecule has 0 aliphatic heterocycles. The van der Waals surface area contributed by atoms with E-state index < -0.39 is 12.1 Å². The summed E-state index contributed by atoms with van der Waals surface area (Å²) in [7, 11) is 5.31. The molecule has 0 aliphatic carbocycles. The number of para-hydroxylation sites is 2. The Kier molecular flexibility index (Phi) is 5.17. The van der Waals surface area contributed by atoms with Gasteiger partial charge in [-0.05, 0) is 19.1 Å². The first-order valence-electron chi connectivity index (χ1n) is 6.01. The van der Waals surface area contributed by atoms with Gasteiger partial charge in [0.2, 0.25) is 5.91 Å². The Morgan fingerprint density at radius 3 is 2.42 bits per heavy atom. The molecule has 1 aromatic carbocycles. The monoisotopic (exact) mass is 264 g/mol. The quantitative estimate of drug-likeness (QED) is 0.759. The lowest BCUT2D eigenvalue weighted by molar-refractivity contribution is -0.120. The number of urea groups is 1. The van der Waals surface area contributed by atoms with Crippen molar-refractivity contribution < 1.29 is 9.59 Å². The number of imide groups is 1. The molecule has 104 valence electrons. The minimum Gasteiger partial charge on any atom is -0.376 e. The van der Waals surface area contributed by atoms with Gasteiger partial charge in [-0.3, -0.25) is 10.1 Å². The van der Waals surface area contributed by atoms with Gasteiger partial charge in [-0.25, -0.2) is 4.79 Å². The lowest BCUT2D eigenvalue weighted by Gasteiger charge is -2.21. The predicted molar refractivity (Wildman–Crippen MR) is 76.5 cm³/mol. The standard InChI is InChI=1S/C13H20N4O2/c1-9(12(18)16-13(19)14-2)15-10-7-5-6-8-11(10)17(3)4/h5-9,15H,1-4H3,(H2,14,16,18,19). The van der Waals surface area contributed by atoms with Gasteiger partial charge in [-0.1, -0.05) is 12.1 Å². The molecule has 6 heteroatoms. The maximum absolute atomic E-state index is 11.7. The summed E-state index contributed by atoms with van der Waals surface area (Å²) in [6, 6.07) is 6.62. The third-order valence-corrected chi connectivity index (χ3v) is 2.61. The van der Waals surface area contributed by atoms with Gasteiger partial charge in [-0.15, -0.1) is 0 Å². The number of carbonyl (C=O) groups is 2. The zero-order valence-electron chi connectivity index (χ0n) is 11.7. The zero-order chi connectivity index (χ0) is 14.4. The van der Waals surface area contributed by atoms with Crippen molar-refractivity contribution in [2.75, 3.05) is 31.4 Å². The summed E-state index contributed by atoms with van der Waals surface area (Å²) in [4.78, 5) is 24.8. The van der Waals surface area contributed by atoms with Crippen LogP contribution in [-0.2, 0) is 4.79 Å². The molecule has 6 nitrogen and oxygen atoms in total. The fraction of sp³-hybridized carbons (Fsp3) is 0.385. The number of hydrogen-bond acceptors (Lipinski definition) is 4. The van der Waals surface area contributed by atoms with Gasteiger partial charge >= 0.3 is 6.03 Å². The summed E-state index contributed by atoms with van der Waals surface area (Å²) >= 11 is 0. The molecule has 0 aromatic heterocycles. The number of anilines is 2. The van der Waals surface area contributed by atoms with E-state index in [2.05, 4.69) is 16.0 Å². The summed E-state index contributed by atoms with van der Waals surface area (Å²) in [6.07, 6.45) is 0. The molecule has 0 saturated heterocycles. The molecule has 0 bridgehead atoms. The second-order valence-corrected chi connectivity index (χ2v) is 4.35. The van der Waals surface area contributed by atoms with Gasteiger partial charge in [0.25, 0.3) is 0 Å². The van der Waals surface area contributed by atoms with E-state index in [0.717, 1.165) is 11.4 Å². The Hall–Kier alpha value is -2.24. The summed E-state index contributed by atoms with van der Waals surface area (Å²) in [6.45, 7) is 1.70. The second kappa shape index (κ2) is 6.63. The topological polar surface area (TPSA) is 73.5 Å². The van der Waals surface area contributed by atoms with Crippen LogP contribution in [0.3, 0.4) is 0 Å². The first-order chi connectivity index (χ1) is 8.95. The maximum atomic E-state index is 11.7. The van der Waals surface area contributed by atoms with Crippen molar-refractivity contribution in [2.45, 2.75) is 13.0 Å². The predicted octanol–water partition coefficient (Wildman–Crippen LogP) is 1.01. The molecule has 0 heterocycles. The van der Waals surface area contributed by atoms with E-state index in [9.17, 15) is 9.59 Å². The normalized spacial score (nSPS) is 11.4. The first kappa shape index (κ1) is 14.8. The number of nitrogens with one attached hydrogen (secondary N) is 3. The largest absolute Gasteiger partial charge is 0.376 e. The molecule has 1 aromatic rings. The molecule has 3 N–H and O–H groups in total. The van der Waals surface area contributed by atoms with E-state index in [1.165, 1.54) is 7.05 Å². The van der Waals surface area contributed by atoms with Crippen molar-refractivity contribution in [3.05, 3.63) is 24.3 Å². The molecule has 0 fully saturated rings. The van der Waals surface area contributed by atoms with Crippen LogP contribution in [0.15, 0.2) is 24.3 Å². The lowest BCUT2D eigenvalue weighted by atomic mass is 10.2. The SMILES string of the molecule is CNC(=O)NC(=O)C(C)Nc1ccccc1N(C)C. The van der Waals surface area contributed by atoms with Crippen LogP contribution in [0.1, 0.15) is 6.92 Å². The molecule has 0 aliphatic rings. The van der Waals surface area contributed by atoms with E-state index in [4.69, 9.17) is 0 Å². The van der Waals surface area contributed by atoms with Crippen LogP contribution in [0.2, 0.25) is 0 Å². The minimum absolute atomic E-state index is 0.382. The van der Waals surface area contributed by atoms with Gasteiger partial charge in [-0.2, -0.15) is 0 Å².